The molecule has 1 aliphatic rings. The van der Waals surface area contributed by atoms with E-state index >= 15 is 0 Å². The van der Waals surface area contributed by atoms with Crippen molar-refractivity contribution in [3.8, 4) is 17.0 Å². The van der Waals surface area contributed by atoms with Crippen LogP contribution in [-0.4, -0.2) is 70.4 Å². The second-order valence-corrected chi connectivity index (χ2v) is 9.92. The minimum atomic E-state index is -0.181. The number of anilines is 2. The van der Waals surface area contributed by atoms with Gasteiger partial charge in [0.25, 0.3) is 5.91 Å². The highest BCUT2D eigenvalue weighted by Gasteiger charge is 2.23. The highest BCUT2D eigenvalue weighted by atomic mass is 16.5. The fraction of sp³-hybridized carbons (Fsp3) is 0.519. The molecule has 0 saturated carbocycles. The average Bonchev–Trinajstić information content (AvgIpc) is 3.34. The number of pyridine rings is 1. The van der Waals surface area contributed by atoms with Crippen molar-refractivity contribution in [2.75, 3.05) is 50.6 Å². The van der Waals surface area contributed by atoms with Crippen molar-refractivity contribution >= 4 is 17.5 Å². The van der Waals surface area contributed by atoms with Gasteiger partial charge in [0.1, 0.15) is 17.3 Å². The zero-order valence-corrected chi connectivity index (χ0v) is 22.7. The maximum absolute atomic E-state index is 12.6. The minimum absolute atomic E-state index is 0.181. The Morgan fingerprint density at radius 1 is 1.24 bits per heavy atom. The molecule has 1 atom stereocenters. The van der Waals surface area contributed by atoms with E-state index in [4.69, 9.17) is 20.2 Å². The fourth-order valence-electron chi connectivity index (χ4n) is 4.57. The Hall–Kier alpha value is -3.73. The summed E-state index contributed by atoms with van der Waals surface area (Å²) in [6.45, 7) is 7.32. The number of ether oxygens (including phenoxy) is 2. The normalized spacial score (nSPS) is 14.9. The number of methoxy groups -OCH3 is 1. The number of nitrogen functional groups attached to an aromatic ring is 1. The van der Waals surface area contributed by atoms with Crippen LogP contribution in [0.2, 0.25) is 0 Å². The van der Waals surface area contributed by atoms with E-state index in [1.165, 1.54) is 0 Å². The predicted molar refractivity (Wildman–Crippen MR) is 146 cm³/mol. The number of carbonyl (C=O) groups is 1. The Kier molecular flexibility index (Phi) is 9.11. The van der Waals surface area contributed by atoms with Gasteiger partial charge in [0.2, 0.25) is 0 Å². The number of nitrogens with one attached hydrogen (secondary N) is 1. The van der Waals surface area contributed by atoms with E-state index in [2.05, 4.69) is 32.1 Å². The first-order chi connectivity index (χ1) is 18.4. The number of carbonyl (C=O) groups excluding carboxylic acids is 1. The predicted octanol–water partition coefficient (Wildman–Crippen LogP) is 2.72. The molecule has 4 rings (SSSR count). The third kappa shape index (κ3) is 6.97. The molecule has 0 aromatic carbocycles. The molecule has 0 radical (unpaired) electrons. The van der Waals surface area contributed by atoms with Crippen LogP contribution in [0.25, 0.3) is 11.3 Å². The van der Waals surface area contributed by atoms with Crippen molar-refractivity contribution in [1.29, 1.82) is 0 Å². The van der Waals surface area contributed by atoms with E-state index in [1.807, 2.05) is 30.8 Å². The topological polar surface area (TPSA) is 133 Å². The van der Waals surface area contributed by atoms with E-state index < -0.39 is 0 Å². The van der Waals surface area contributed by atoms with Crippen LogP contribution in [0.15, 0.2) is 30.9 Å². The Balaban J connectivity index is 1.39. The molecule has 3 N–H and O–H groups in total. The van der Waals surface area contributed by atoms with Crippen molar-refractivity contribution in [2.24, 2.45) is 18.9 Å². The molecule has 1 amide bonds. The summed E-state index contributed by atoms with van der Waals surface area (Å²) < 4.78 is 13.3. The van der Waals surface area contributed by atoms with Crippen LogP contribution in [0.1, 0.15) is 43.0 Å². The average molecular weight is 523 g/mol. The molecule has 0 bridgehead atoms. The van der Waals surface area contributed by atoms with Gasteiger partial charge in [0, 0.05) is 70.8 Å². The molecule has 0 aliphatic carbocycles. The van der Waals surface area contributed by atoms with Gasteiger partial charge in [-0.3, -0.25) is 4.79 Å². The molecule has 204 valence electrons. The smallest absolute Gasteiger partial charge is 0.270 e. The summed E-state index contributed by atoms with van der Waals surface area (Å²) >= 11 is 0. The Bertz CT molecular complexity index is 1220. The van der Waals surface area contributed by atoms with Crippen molar-refractivity contribution in [2.45, 2.75) is 33.1 Å². The van der Waals surface area contributed by atoms with Crippen LogP contribution in [-0.2, 0) is 18.2 Å². The van der Waals surface area contributed by atoms with Gasteiger partial charge in [-0.25, -0.2) is 19.9 Å². The number of nitrogens with two attached hydrogens (primary N) is 1. The van der Waals surface area contributed by atoms with Gasteiger partial charge in [-0.1, -0.05) is 6.92 Å². The van der Waals surface area contributed by atoms with Crippen molar-refractivity contribution in [1.82, 2.24) is 29.8 Å². The van der Waals surface area contributed by atoms with E-state index in [0.29, 0.717) is 55.2 Å². The summed E-state index contributed by atoms with van der Waals surface area (Å²) in [7, 11) is 3.61. The third-order valence-corrected chi connectivity index (χ3v) is 6.61. The second-order valence-electron chi connectivity index (χ2n) is 9.92. The van der Waals surface area contributed by atoms with Gasteiger partial charge in [-0.2, -0.15) is 0 Å². The summed E-state index contributed by atoms with van der Waals surface area (Å²) in [5, 5.41) is 2.85. The number of aryl methyl sites for hydroxylation is 1. The Labute approximate surface area is 223 Å². The van der Waals surface area contributed by atoms with Gasteiger partial charge in [-0.05, 0) is 37.7 Å². The highest BCUT2D eigenvalue weighted by Crippen LogP contribution is 2.28. The molecule has 11 heteroatoms. The molecule has 11 nitrogen and oxygen atoms in total. The molecule has 4 heterocycles. The summed E-state index contributed by atoms with van der Waals surface area (Å²) in [5.41, 5.74) is 8.18. The lowest BCUT2D eigenvalue weighted by Gasteiger charge is -2.33. The maximum atomic E-state index is 12.6. The van der Waals surface area contributed by atoms with E-state index in [1.54, 1.807) is 25.7 Å². The van der Waals surface area contributed by atoms with Gasteiger partial charge >= 0.3 is 0 Å². The summed E-state index contributed by atoms with van der Waals surface area (Å²) in [4.78, 5) is 32.8. The Morgan fingerprint density at radius 3 is 2.71 bits per heavy atom. The number of aromatic nitrogens is 5. The number of rotatable bonds is 11. The first kappa shape index (κ1) is 27.3. The molecule has 3 aromatic rings. The zero-order chi connectivity index (χ0) is 27.1. The molecule has 1 aliphatic heterocycles. The second kappa shape index (κ2) is 12.7. The van der Waals surface area contributed by atoms with Gasteiger partial charge in [-0.15, -0.1) is 0 Å². The Morgan fingerprint density at radius 2 is 2.03 bits per heavy atom. The summed E-state index contributed by atoms with van der Waals surface area (Å²) in [5.74, 6) is 2.84. The van der Waals surface area contributed by atoms with Crippen LogP contribution in [0.3, 0.4) is 0 Å². The molecule has 3 aromatic heterocycles. The molecule has 0 unspecified atom stereocenters. The summed E-state index contributed by atoms with van der Waals surface area (Å²) in [6.07, 6.45) is 7.91. The quantitative estimate of drug-likeness (QED) is 0.390. The van der Waals surface area contributed by atoms with Gasteiger partial charge < -0.3 is 30.0 Å². The van der Waals surface area contributed by atoms with Crippen LogP contribution in [0.4, 0.5) is 11.6 Å². The van der Waals surface area contributed by atoms with Crippen molar-refractivity contribution < 1.29 is 14.3 Å². The summed E-state index contributed by atoms with van der Waals surface area (Å²) in [6, 6.07) is 3.69. The zero-order valence-electron chi connectivity index (χ0n) is 22.7. The van der Waals surface area contributed by atoms with Crippen LogP contribution < -0.4 is 20.7 Å². The van der Waals surface area contributed by atoms with E-state index in [-0.39, 0.29) is 11.8 Å². The largest absolute Gasteiger partial charge is 0.489 e. The number of imidazole rings is 1. The third-order valence-electron chi connectivity index (χ3n) is 6.61. The van der Waals surface area contributed by atoms with Crippen LogP contribution >= 0.6 is 0 Å². The number of piperidine rings is 1. The SMILES string of the molecule is CCNC(=O)c1cc(N2CCC(COc3cc(-c4cn(C)cn4)cnc3N)CC2)nc(C[C@H](C)COC)n1. The van der Waals surface area contributed by atoms with Gasteiger partial charge in [0.15, 0.2) is 11.6 Å². The van der Waals surface area contributed by atoms with Crippen molar-refractivity contribution in [3.05, 3.63) is 42.4 Å². The van der Waals surface area contributed by atoms with Crippen LogP contribution in [0.5, 0.6) is 5.75 Å². The first-order valence-corrected chi connectivity index (χ1v) is 13.1. The lowest BCUT2D eigenvalue weighted by Crippen LogP contribution is -2.36. The highest BCUT2D eigenvalue weighted by molar-refractivity contribution is 5.92. The molecule has 1 saturated heterocycles. The number of hydrogen-bond donors (Lipinski definition) is 2. The van der Waals surface area contributed by atoms with Gasteiger partial charge in [0.05, 0.1) is 18.6 Å². The number of amides is 1. The number of nitrogens with zero attached hydrogens (tertiary/aromatic N) is 6. The van der Waals surface area contributed by atoms with Crippen LogP contribution in [0, 0.1) is 11.8 Å². The lowest BCUT2D eigenvalue weighted by molar-refractivity contribution is 0.0950. The van der Waals surface area contributed by atoms with Crippen molar-refractivity contribution in [3.63, 3.8) is 0 Å². The molecular weight excluding hydrogens is 484 g/mol. The maximum Gasteiger partial charge on any atom is 0.270 e. The monoisotopic (exact) mass is 522 g/mol. The minimum Gasteiger partial charge on any atom is -0.489 e. The van der Waals surface area contributed by atoms with E-state index in [0.717, 1.165) is 43.0 Å². The number of hydrogen-bond acceptors (Lipinski definition) is 9. The molecule has 38 heavy (non-hydrogen) atoms. The first-order valence-electron chi connectivity index (χ1n) is 13.1. The standard InChI is InChI=1S/C27H38N8O3/c1-5-29-27(36)21-12-25(33-24(32-21)10-18(2)15-37-4)35-8-6-19(7-9-35)16-38-23-11-20(13-30-26(23)28)22-14-34(3)17-31-22/h11-14,17-19H,5-10,15-16H2,1-4H3,(H2,28,30)(H,29,36)/t18-/m0/s1. The molecule has 1 fully saturated rings. The fourth-order valence-corrected chi connectivity index (χ4v) is 4.57. The molecule has 0 spiro atoms. The van der Waals surface area contributed by atoms with E-state index in [9.17, 15) is 4.79 Å². The lowest BCUT2D eigenvalue weighted by atomic mass is 9.97. The molecular formula is C27H38N8O3.